The first-order valence-corrected chi connectivity index (χ1v) is 11.4. The van der Waals surface area contributed by atoms with Crippen molar-refractivity contribution in [2.45, 2.75) is 39.2 Å². The number of hydrazine groups is 1. The normalized spacial score (nSPS) is 26.4. The number of halogens is 1. The van der Waals surface area contributed by atoms with Crippen LogP contribution >= 0.6 is 11.6 Å². The summed E-state index contributed by atoms with van der Waals surface area (Å²) in [7, 11) is 0. The van der Waals surface area contributed by atoms with Crippen LogP contribution in [0.15, 0.2) is 24.3 Å². The van der Waals surface area contributed by atoms with Crippen LogP contribution in [0.3, 0.4) is 0 Å². The Balaban J connectivity index is 1.33. The van der Waals surface area contributed by atoms with Gasteiger partial charge in [-0.05, 0) is 61.3 Å². The van der Waals surface area contributed by atoms with Crippen LogP contribution in [0, 0.1) is 29.6 Å². The monoisotopic (exact) mass is 475 g/mol. The number of fused-ring (bicyclic) bond motifs is 5. The third-order valence-corrected chi connectivity index (χ3v) is 7.13. The van der Waals surface area contributed by atoms with E-state index in [0.29, 0.717) is 5.02 Å². The van der Waals surface area contributed by atoms with E-state index >= 15 is 0 Å². The number of hydrogen-bond acceptors (Lipinski definition) is 6. The van der Waals surface area contributed by atoms with Gasteiger partial charge in [0.15, 0.2) is 6.61 Å². The topological polar surface area (TPSA) is 122 Å². The fourth-order valence-corrected chi connectivity index (χ4v) is 5.57. The Bertz CT molecular complexity index is 966. The zero-order valence-electron chi connectivity index (χ0n) is 18.4. The van der Waals surface area contributed by atoms with Gasteiger partial charge in [0.2, 0.25) is 11.8 Å². The standard InChI is InChI=1S/C23H26ClN3O6/c1-11(2)19(27-21(30)17-13-3-4-14(9-13)18(17)22(27)31)23(32)33-10-16(28)25-26-20(29)12-5-7-15(24)8-6-12/h5-8,11,13-14,17-19H,3-4,9-10H2,1-2H3,(H,25,28)(H,26,29)/t13-,14-,17-,18-,19+/m0/s1. The minimum absolute atomic E-state index is 0.209. The van der Waals surface area contributed by atoms with Crippen molar-refractivity contribution in [3.05, 3.63) is 34.9 Å². The van der Waals surface area contributed by atoms with E-state index in [9.17, 15) is 24.0 Å². The molecule has 33 heavy (non-hydrogen) atoms. The van der Waals surface area contributed by atoms with Gasteiger partial charge in [-0.25, -0.2) is 4.79 Å². The molecule has 1 aromatic rings. The van der Waals surface area contributed by atoms with Crippen LogP contribution in [-0.4, -0.2) is 47.1 Å². The van der Waals surface area contributed by atoms with E-state index in [1.54, 1.807) is 13.8 Å². The number of nitrogens with zero attached hydrogens (tertiary/aromatic N) is 1. The molecule has 1 saturated heterocycles. The molecule has 1 aromatic carbocycles. The minimum atomic E-state index is -1.09. The molecule has 2 aliphatic carbocycles. The molecule has 0 aromatic heterocycles. The van der Waals surface area contributed by atoms with Crippen LogP contribution in [0.4, 0.5) is 0 Å². The predicted octanol–water partition coefficient (Wildman–Crippen LogP) is 1.70. The molecule has 5 atom stereocenters. The van der Waals surface area contributed by atoms with Crippen LogP contribution in [0.25, 0.3) is 0 Å². The van der Waals surface area contributed by atoms with Crippen LogP contribution in [0.5, 0.6) is 0 Å². The molecule has 3 fully saturated rings. The molecule has 0 spiro atoms. The third kappa shape index (κ3) is 4.34. The van der Waals surface area contributed by atoms with E-state index < -0.39 is 30.4 Å². The molecule has 2 saturated carbocycles. The van der Waals surface area contributed by atoms with Gasteiger partial charge in [0.05, 0.1) is 11.8 Å². The molecule has 176 valence electrons. The Kier molecular flexibility index (Phi) is 6.43. The molecule has 0 radical (unpaired) electrons. The Morgan fingerprint density at radius 2 is 1.61 bits per heavy atom. The molecular weight excluding hydrogens is 450 g/mol. The minimum Gasteiger partial charge on any atom is -0.454 e. The molecule has 0 unspecified atom stereocenters. The maximum atomic E-state index is 13.1. The van der Waals surface area contributed by atoms with Crippen molar-refractivity contribution in [2.24, 2.45) is 29.6 Å². The number of esters is 1. The lowest BCUT2D eigenvalue weighted by Gasteiger charge is -2.28. The average molecular weight is 476 g/mol. The number of benzene rings is 1. The van der Waals surface area contributed by atoms with Crippen molar-refractivity contribution in [3.8, 4) is 0 Å². The van der Waals surface area contributed by atoms with Crippen LogP contribution < -0.4 is 10.9 Å². The second-order valence-corrected chi connectivity index (χ2v) is 9.67. The second-order valence-electron chi connectivity index (χ2n) is 9.24. The van der Waals surface area contributed by atoms with Crippen LogP contribution in [0.2, 0.25) is 5.02 Å². The number of hydrogen-bond donors (Lipinski definition) is 2. The van der Waals surface area contributed by atoms with E-state index in [1.165, 1.54) is 24.3 Å². The molecule has 3 aliphatic rings. The van der Waals surface area contributed by atoms with Crippen molar-refractivity contribution < 1.29 is 28.7 Å². The third-order valence-electron chi connectivity index (χ3n) is 6.88. The molecule has 9 nitrogen and oxygen atoms in total. The highest BCUT2D eigenvalue weighted by atomic mass is 35.5. The number of carbonyl (C=O) groups is 5. The summed E-state index contributed by atoms with van der Waals surface area (Å²) in [4.78, 5) is 64.1. The summed E-state index contributed by atoms with van der Waals surface area (Å²) in [6.45, 7) is 2.78. The lowest BCUT2D eigenvalue weighted by Crippen LogP contribution is -2.50. The van der Waals surface area contributed by atoms with E-state index in [4.69, 9.17) is 16.3 Å². The van der Waals surface area contributed by atoms with E-state index in [0.717, 1.165) is 24.2 Å². The van der Waals surface area contributed by atoms with Gasteiger partial charge in [-0.15, -0.1) is 0 Å². The molecular formula is C23H26ClN3O6. The number of nitrogens with one attached hydrogen (secondary N) is 2. The predicted molar refractivity (Wildman–Crippen MR) is 116 cm³/mol. The fourth-order valence-electron chi connectivity index (χ4n) is 5.44. The van der Waals surface area contributed by atoms with Gasteiger partial charge in [0, 0.05) is 10.6 Å². The van der Waals surface area contributed by atoms with Crippen LogP contribution in [-0.2, 0) is 23.9 Å². The van der Waals surface area contributed by atoms with Gasteiger partial charge in [-0.3, -0.25) is 34.9 Å². The highest BCUT2D eigenvalue weighted by Crippen LogP contribution is 2.56. The Hall–Kier alpha value is -2.94. The average Bonchev–Trinajstić information content (AvgIpc) is 3.46. The maximum Gasteiger partial charge on any atom is 0.330 e. The molecule has 4 rings (SSSR count). The summed E-state index contributed by atoms with van der Waals surface area (Å²) >= 11 is 5.78. The van der Waals surface area contributed by atoms with Crippen molar-refractivity contribution in [1.82, 2.24) is 15.8 Å². The first-order chi connectivity index (χ1) is 15.7. The summed E-state index contributed by atoms with van der Waals surface area (Å²) in [5.74, 6) is -3.38. The van der Waals surface area contributed by atoms with Crippen molar-refractivity contribution >= 4 is 41.2 Å². The largest absolute Gasteiger partial charge is 0.454 e. The van der Waals surface area contributed by atoms with E-state index in [-0.39, 0.29) is 47.0 Å². The maximum absolute atomic E-state index is 13.1. The lowest BCUT2D eigenvalue weighted by atomic mass is 9.81. The molecule has 4 amide bonds. The summed E-state index contributed by atoms with van der Waals surface area (Å²) in [6, 6.07) is 4.96. The van der Waals surface area contributed by atoms with Gasteiger partial charge in [0.25, 0.3) is 11.8 Å². The van der Waals surface area contributed by atoms with E-state index in [2.05, 4.69) is 10.9 Å². The van der Waals surface area contributed by atoms with E-state index in [1.807, 2.05) is 0 Å². The summed E-state index contributed by atoms with van der Waals surface area (Å²) in [5.41, 5.74) is 4.66. The summed E-state index contributed by atoms with van der Waals surface area (Å²) < 4.78 is 5.12. The quantitative estimate of drug-likeness (QED) is 0.367. The Morgan fingerprint density at radius 1 is 1.03 bits per heavy atom. The Morgan fingerprint density at radius 3 is 2.15 bits per heavy atom. The zero-order valence-corrected chi connectivity index (χ0v) is 19.1. The van der Waals surface area contributed by atoms with Gasteiger partial charge >= 0.3 is 5.97 Å². The molecule has 1 heterocycles. The van der Waals surface area contributed by atoms with Crippen molar-refractivity contribution in [1.29, 1.82) is 0 Å². The first kappa shape index (κ1) is 23.2. The SMILES string of the molecule is CC(C)[C@H](C(=O)OCC(=O)NNC(=O)c1ccc(Cl)cc1)N1C(=O)[C@H]2[C@H]3CC[C@@H](C3)[C@@H]2C1=O. The summed E-state index contributed by atoms with van der Waals surface area (Å²) in [5, 5.41) is 0.466. The number of rotatable bonds is 6. The van der Waals surface area contributed by atoms with Crippen LogP contribution in [0.1, 0.15) is 43.5 Å². The lowest BCUT2D eigenvalue weighted by molar-refractivity contribution is -0.162. The number of likely N-dealkylation sites (tertiary alicyclic amines) is 1. The Labute approximate surface area is 196 Å². The van der Waals surface area contributed by atoms with Gasteiger partial charge < -0.3 is 4.74 Å². The smallest absolute Gasteiger partial charge is 0.330 e. The molecule has 1 aliphatic heterocycles. The number of imide groups is 1. The van der Waals surface area contributed by atoms with Gasteiger partial charge in [0.1, 0.15) is 6.04 Å². The first-order valence-electron chi connectivity index (χ1n) is 11.1. The number of amides is 4. The highest BCUT2D eigenvalue weighted by Gasteiger charge is 2.62. The van der Waals surface area contributed by atoms with Gasteiger partial charge in [-0.1, -0.05) is 25.4 Å². The van der Waals surface area contributed by atoms with Crippen molar-refractivity contribution in [3.63, 3.8) is 0 Å². The van der Waals surface area contributed by atoms with Crippen molar-refractivity contribution in [2.75, 3.05) is 6.61 Å². The molecule has 2 N–H and O–H groups in total. The summed E-state index contributed by atoms with van der Waals surface area (Å²) in [6.07, 6.45) is 2.79. The highest BCUT2D eigenvalue weighted by molar-refractivity contribution is 6.30. The number of carbonyl (C=O) groups excluding carboxylic acids is 5. The molecule has 10 heteroatoms. The van der Waals surface area contributed by atoms with Gasteiger partial charge in [-0.2, -0.15) is 0 Å². The zero-order chi connectivity index (χ0) is 23.9. The number of ether oxygens (including phenoxy) is 1. The molecule has 2 bridgehead atoms. The second kappa shape index (κ2) is 9.13. The fraction of sp³-hybridized carbons (Fsp3) is 0.522.